The fourth-order valence-electron chi connectivity index (χ4n) is 1.44. The molecule has 1 heterocycles. The Kier molecular flexibility index (Phi) is 2.45. The van der Waals surface area contributed by atoms with E-state index in [1.807, 2.05) is 0 Å². The first-order valence-electron chi connectivity index (χ1n) is 4.63. The first kappa shape index (κ1) is 11.3. The molecule has 0 aliphatic rings. The highest BCUT2D eigenvalue weighted by molar-refractivity contribution is 5.43. The largest absolute Gasteiger partial charge is 0.416 e. The van der Waals surface area contributed by atoms with Crippen molar-refractivity contribution in [2.45, 2.75) is 6.18 Å². The Morgan fingerprint density at radius 1 is 1.24 bits per heavy atom. The lowest BCUT2D eigenvalue weighted by Crippen LogP contribution is -2.09. The highest BCUT2D eigenvalue weighted by atomic mass is 19.4. The molecule has 1 aromatic carbocycles. The molecule has 1 aromatic heterocycles. The van der Waals surface area contributed by atoms with E-state index in [0.29, 0.717) is 0 Å². The Morgan fingerprint density at radius 2 is 1.94 bits per heavy atom. The van der Waals surface area contributed by atoms with Crippen molar-refractivity contribution in [3.63, 3.8) is 0 Å². The van der Waals surface area contributed by atoms with Gasteiger partial charge in [-0.25, -0.2) is 4.68 Å². The third-order valence-electron chi connectivity index (χ3n) is 2.19. The molecule has 0 spiro atoms. The van der Waals surface area contributed by atoms with Gasteiger partial charge in [0, 0.05) is 6.07 Å². The van der Waals surface area contributed by atoms with Gasteiger partial charge in [-0.15, -0.1) is 0 Å². The highest BCUT2D eigenvalue weighted by Gasteiger charge is 2.30. The maximum atomic E-state index is 12.5. The van der Waals surface area contributed by atoms with Crippen molar-refractivity contribution < 1.29 is 13.2 Å². The van der Waals surface area contributed by atoms with Gasteiger partial charge in [0.1, 0.15) is 5.82 Å². The van der Waals surface area contributed by atoms with E-state index < -0.39 is 17.3 Å². The number of nitrogens with two attached hydrogens (primary N) is 1. The second-order valence-electron chi connectivity index (χ2n) is 3.43. The first-order valence-corrected chi connectivity index (χ1v) is 4.63. The van der Waals surface area contributed by atoms with Crippen LogP contribution < -0.4 is 11.3 Å². The Bertz CT molecular complexity index is 597. The molecule has 0 aliphatic carbocycles. The molecule has 0 amide bonds. The number of nitrogens with one attached hydrogen (secondary N) is 1. The molecule has 90 valence electrons. The van der Waals surface area contributed by atoms with Gasteiger partial charge in [-0.1, -0.05) is 6.07 Å². The molecule has 7 heteroatoms. The zero-order chi connectivity index (χ0) is 12.6. The monoisotopic (exact) mass is 243 g/mol. The number of anilines is 1. The highest BCUT2D eigenvalue weighted by Crippen LogP contribution is 2.30. The van der Waals surface area contributed by atoms with Gasteiger partial charge in [-0.3, -0.25) is 9.89 Å². The summed E-state index contributed by atoms with van der Waals surface area (Å²) in [7, 11) is 0. The normalized spacial score (nSPS) is 11.7. The van der Waals surface area contributed by atoms with E-state index in [2.05, 4.69) is 5.10 Å². The minimum atomic E-state index is -4.43. The topological polar surface area (TPSA) is 63.8 Å². The van der Waals surface area contributed by atoms with Crippen LogP contribution in [0.25, 0.3) is 5.69 Å². The van der Waals surface area contributed by atoms with E-state index >= 15 is 0 Å². The molecule has 17 heavy (non-hydrogen) atoms. The standard InChI is InChI=1S/C10H8F3N3O/c11-10(12,13)6-2-1-3-7(4-6)16-8(14)5-9(17)15-16/h1-5H,14H2,(H,15,17). The first-order chi connectivity index (χ1) is 7.88. The summed E-state index contributed by atoms with van der Waals surface area (Å²) < 4.78 is 38.5. The number of hydrogen-bond acceptors (Lipinski definition) is 2. The van der Waals surface area contributed by atoms with Crippen molar-refractivity contribution in [3.8, 4) is 5.69 Å². The van der Waals surface area contributed by atoms with Gasteiger partial charge < -0.3 is 5.73 Å². The number of aromatic amines is 1. The van der Waals surface area contributed by atoms with Crippen LogP contribution in [-0.2, 0) is 6.18 Å². The number of alkyl halides is 3. The van der Waals surface area contributed by atoms with Crippen LogP contribution in [0.1, 0.15) is 5.56 Å². The number of halogens is 3. The second kappa shape index (κ2) is 3.69. The average Bonchev–Trinajstić information content (AvgIpc) is 2.57. The van der Waals surface area contributed by atoms with Crippen molar-refractivity contribution in [2.75, 3.05) is 5.73 Å². The summed E-state index contributed by atoms with van der Waals surface area (Å²) in [4.78, 5) is 11.0. The van der Waals surface area contributed by atoms with Crippen molar-refractivity contribution in [3.05, 3.63) is 46.2 Å². The fourth-order valence-corrected chi connectivity index (χ4v) is 1.44. The van der Waals surface area contributed by atoms with Crippen LogP contribution in [0, 0.1) is 0 Å². The lowest BCUT2D eigenvalue weighted by molar-refractivity contribution is -0.137. The van der Waals surface area contributed by atoms with E-state index in [0.717, 1.165) is 22.9 Å². The molecule has 3 N–H and O–H groups in total. The predicted molar refractivity (Wildman–Crippen MR) is 55.8 cm³/mol. The van der Waals surface area contributed by atoms with Gasteiger partial charge in [0.15, 0.2) is 0 Å². The Balaban J connectivity index is 2.54. The summed E-state index contributed by atoms with van der Waals surface area (Å²) in [6.45, 7) is 0. The third-order valence-corrected chi connectivity index (χ3v) is 2.19. The number of nitrogen functional groups attached to an aromatic ring is 1. The number of H-pyrrole nitrogens is 1. The molecule has 0 bridgehead atoms. The van der Waals surface area contributed by atoms with Crippen molar-refractivity contribution in [1.29, 1.82) is 0 Å². The van der Waals surface area contributed by atoms with Gasteiger partial charge >= 0.3 is 6.18 Å². The van der Waals surface area contributed by atoms with Crippen molar-refractivity contribution in [2.24, 2.45) is 0 Å². The zero-order valence-electron chi connectivity index (χ0n) is 8.45. The van der Waals surface area contributed by atoms with Crippen LogP contribution in [0.15, 0.2) is 35.1 Å². The molecular formula is C10H8F3N3O. The van der Waals surface area contributed by atoms with Gasteiger partial charge in [0.25, 0.3) is 5.56 Å². The van der Waals surface area contributed by atoms with Gasteiger partial charge in [-0.05, 0) is 18.2 Å². The summed E-state index contributed by atoms with van der Waals surface area (Å²) in [5.74, 6) is 0.0503. The van der Waals surface area contributed by atoms with Gasteiger partial charge in [0.05, 0.1) is 11.3 Å². The molecule has 0 radical (unpaired) electrons. The molecule has 0 aliphatic heterocycles. The van der Waals surface area contributed by atoms with Crippen LogP contribution in [0.4, 0.5) is 19.0 Å². The fraction of sp³-hybridized carbons (Fsp3) is 0.100. The summed E-state index contributed by atoms with van der Waals surface area (Å²) in [5, 5.41) is 2.31. The summed E-state index contributed by atoms with van der Waals surface area (Å²) in [6.07, 6.45) is -4.43. The smallest absolute Gasteiger partial charge is 0.384 e. The number of hydrogen-bond donors (Lipinski definition) is 2. The van der Waals surface area contributed by atoms with E-state index in [1.54, 1.807) is 0 Å². The van der Waals surface area contributed by atoms with Crippen LogP contribution in [0.3, 0.4) is 0 Å². The van der Waals surface area contributed by atoms with Crippen LogP contribution >= 0.6 is 0 Å². The molecule has 0 saturated carbocycles. The van der Waals surface area contributed by atoms with Crippen molar-refractivity contribution >= 4 is 5.82 Å². The minimum Gasteiger partial charge on any atom is -0.384 e. The summed E-state index contributed by atoms with van der Waals surface area (Å²) >= 11 is 0. The minimum absolute atomic E-state index is 0.0503. The Hall–Kier alpha value is -2.18. The number of nitrogens with zero attached hydrogens (tertiary/aromatic N) is 1. The quantitative estimate of drug-likeness (QED) is 0.801. The maximum absolute atomic E-state index is 12.5. The lowest BCUT2D eigenvalue weighted by atomic mass is 10.2. The van der Waals surface area contributed by atoms with E-state index in [9.17, 15) is 18.0 Å². The molecule has 4 nitrogen and oxygen atoms in total. The molecule has 0 unspecified atom stereocenters. The third kappa shape index (κ3) is 2.17. The summed E-state index contributed by atoms with van der Waals surface area (Å²) in [5.41, 5.74) is 4.36. The molecule has 0 saturated heterocycles. The molecule has 0 fully saturated rings. The number of rotatable bonds is 1. The molecule has 0 atom stereocenters. The van der Waals surface area contributed by atoms with Crippen LogP contribution in [0.2, 0.25) is 0 Å². The summed E-state index contributed by atoms with van der Waals surface area (Å²) in [6, 6.07) is 5.62. The van der Waals surface area contributed by atoms with Crippen LogP contribution in [-0.4, -0.2) is 9.78 Å². The lowest BCUT2D eigenvalue weighted by Gasteiger charge is -2.09. The SMILES string of the molecule is Nc1cc(=O)[nH]n1-c1cccc(C(F)(F)F)c1. The molecule has 2 rings (SSSR count). The van der Waals surface area contributed by atoms with E-state index in [1.165, 1.54) is 12.1 Å². The zero-order valence-corrected chi connectivity index (χ0v) is 8.45. The van der Waals surface area contributed by atoms with Gasteiger partial charge in [-0.2, -0.15) is 13.2 Å². The Labute approximate surface area is 93.5 Å². The Morgan fingerprint density at radius 3 is 2.47 bits per heavy atom. The predicted octanol–water partition coefficient (Wildman–Crippen LogP) is 1.77. The second-order valence-corrected chi connectivity index (χ2v) is 3.43. The number of benzene rings is 1. The molecular weight excluding hydrogens is 235 g/mol. The van der Waals surface area contributed by atoms with Crippen molar-refractivity contribution in [1.82, 2.24) is 9.78 Å². The van der Waals surface area contributed by atoms with E-state index in [4.69, 9.17) is 5.73 Å². The van der Waals surface area contributed by atoms with Crippen LogP contribution in [0.5, 0.6) is 0 Å². The van der Waals surface area contributed by atoms with E-state index in [-0.39, 0.29) is 11.5 Å². The number of aromatic nitrogens is 2. The average molecular weight is 243 g/mol. The maximum Gasteiger partial charge on any atom is 0.416 e. The van der Waals surface area contributed by atoms with Gasteiger partial charge in [0.2, 0.25) is 0 Å². The molecule has 2 aromatic rings.